The fraction of sp³-hybridized carbons (Fsp3) is 0.611. The summed E-state index contributed by atoms with van der Waals surface area (Å²) in [6, 6.07) is 4.77. The number of hydrogen-bond donors (Lipinski definition) is 5. The van der Waals surface area contributed by atoms with E-state index in [4.69, 9.17) is 9.84 Å². The number of anilines is 3. The zero-order valence-corrected chi connectivity index (χ0v) is 15.5. The van der Waals surface area contributed by atoms with Crippen LogP contribution in [0.1, 0.15) is 37.8 Å². The van der Waals surface area contributed by atoms with E-state index in [1.54, 1.807) is 19.2 Å². The topological polar surface area (TPSA) is 120 Å². The predicted molar refractivity (Wildman–Crippen MR) is 102 cm³/mol. The highest BCUT2D eigenvalue weighted by Crippen LogP contribution is 2.30. The molecule has 146 valence electrons. The van der Waals surface area contributed by atoms with Crippen LogP contribution in [0.25, 0.3) is 0 Å². The van der Waals surface area contributed by atoms with E-state index in [1.165, 1.54) is 32.1 Å². The smallest absolute Gasteiger partial charge is 0.227 e. The van der Waals surface area contributed by atoms with E-state index in [9.17, 15) is 0 Å². The molecule has 0 aromatic carbocycles. The number of nitrogens with one attached hydrogen (secondary N) is 4. The Hall–Kier alpha value is -2.39. The van der Waals surface area contributed by atoms with Gasteiger partial charge in [0, 0.05) is 30.8 Å². The summed E-state index contributed by atoms with van der Waals surface area (Å²) in [5, 5.41) is 26.2. The molecular weight excluding hydrogens is 346 g/mol. The number of aromatic amines is 1. The number of aliphatic hydroxyl groups is 1. The Labute approximate surface area is 158 Å². The Morgan fingerprint density at radius 1 is 1.19 bits per heavy atom. The maximum Gasteiger partial charge on any atom is 0.227 e. The van der Waals surface area contributed by atoms with Gasteiger partial charge in [-0.3, -0.25) is 5.10 Å². The van der Waals surface area contributed by atoms with Gasteiger partial charge in [0.05, 0.1) is 19.4 Å². The molecule has 5 N–H and O–H groups in total. The minimum absolute atomic E-state index is 0.0905. The lowest BCUT2D eigenvalue weighted by Gasteiger charge is -2.40. The molecule has 2 unspecified atom stereocenters. The number of methoxy groups -OCH3 is 1. The molecule has 2 aromatic heterocycles. The molecule has 0 radical (unpaired) electrons. The van der Waals surface area contributed by atoms with Crippen molar-refractivity contribution in [1.29, 1.82) is 0 Å². The second kappa shape index (κ2) is 8.10. The van der Waals surface area contributed by atoms with Gasteiger partial charge in [-0.2, -0.15) is 15.1 Å². The van der Waals surface area contributed by atoms with Crippen molar-refractivity contribution in [3.8, 4) is 5.88 Å². The van der Waals surface area contributed by atoms with Crippen LogP contribution in [0.15, 0.2) is 12.1 Å². The first-order chi connectivity index (χ1) is 13.2. The first-order valence-electron chi connectivity index (χ1n) is 9.57. The van der Waals surface area contributed by atoms with Crippen molar-refractivity contribution in [1.82, 2.24) is 25.5 Å². The van der Waals surface area contributed by atoms with Crippen LogP contribution < -0.4 is 20.7 Å². The molecule has 0 aliphatic carbocycles. The summed E-state index contributed by atoms with van der Waals surface area (Å²) >= 11 is 0. The predicted octanol–water partition coefficient (Wildman–Crippen LogP) is 1.78. The van der Waals surface area contributed by atoms with Gasteiger partial charge in [0.25, 0.3) is 0 Å². The molecule has 2 bridgehead atoms. The number of H-pyrrole nitrogens is 1. The molecule has 27 heavy (non-hydrogen) atoms. The number of nitrogens with zero attached hydrogens (tertiary/aromatic N) is 3. The fourth-order valence-electron chi connectivity index (χ4n) is 4.10. The van der Waals surface area contributed by atoms with Crippen LogP contribution in [-0.4, -0.2) is 51.0 Å². The molecule has 2 aliphatic heterocycles. The molecule has 4 rings (SSSR count). The molecule has 2 atom stereocenters. The van der Waals surface area contributed by atoms with Gasteiger partial charge in [-0.1, -0.05) is 6.42 Å². The van der Waals surface area contributed by atoms with E-state index in [1.807, 2.05) is 0 Å². The highest BCUT2D eigenvalue weighted by Gasteiger charge is 2.30. The summed E-state index contributed by atoms with van der Waals surface area (Å²) < 4.78 is 5.30. The third-order valence-corrected chi connectivity index (χ3v) is 5.33. The standard InChI is InChI=1S/C18H27N7O2/c1-27-17-8-15(21-16-7-14(10-26)24-25-16)22-18(23-17)19-9-11-5-12-3-2-4-13(6-11)20-12/h7-8,11-13,20,26H,2-6,9-10H2,1H3,(H3,19,21,22,23,24,25). The van der Waals surface area contributed by atoms with E-state index in [-0.39, 0.29) is 6.61 Å². The van der Waals surface area contributed by atoms with Crippen molar-refractivity contribution in [2.45, 2.75) is 50.8 Å². The van der Waals surface area contributed by atoms with Crippen molar-refractivity contribution in [2.24, 2.45) is 5.92 Å². The lowest BCUT2D eigenvalue weighted by atomic mass is 9.80. The molecule has 2 fully saturated rings. The summed E-state index contributed by atoms with van der Waals surface area (Å²) in [5.74, 6) is 2.82. The van der Waals surface area contributed by atoms with Crippen LogP contribution in [0.5, 0.6) is 5.88 Å². The SMILES string of the molecule is COc1cc(Nc2cc(CO)[nH]n2)nc(NCC2CC3CCCC(C2)N3)n1. The van der Waals surface area contributed by atoms with Crippen LogP contribution in [0.4, 0.5) is 17.6 Å². The van der Waals surface area contributed by atoms with Crippen molar-refractivity contribution in [2.75, 3.05) is 24.3 Å². The van der Waals surface area contributed by atoms with E-state index < -0.39 is 0 Å². The molecule has 9 nitrogen and oxygen atoms in total. The van der Waals surface area contributed by atoms with Crippen molar-refractivity contribution < 1.29 is 9.84 Å². The molecule has 9 heteroatoms. The van der Waals surface area contributed by atoms with E-state index in [0.29, 0.717) is 47.2 Å². The minimum Gasteiger partial charge on any atom is -0.481 e. The van der Waals surface area contributed by atoms with Crippen molar-refractivity contribution in [3.63, 3.8) is 0 Å². The fourth-order valence-corrected chi connectivity index (χ4v) is 4.10. The van der Waals surface area contributed by atoms with Gasteiger partial charge in [0.15, 0.2) is 5.82 Å². The number of hydrogen-bond acceptors (Lipinski definition) is 8. The van der Waals surface area contributed by atoms with Gasteiger partial charge in [0.2, 0.25) is 11.8 Å². The van der Waals surface area contributed by atoms with Crippen LogP contribution >= 0.6 is 0 Å². The zero-order chi connectivity index (χ0) is 18.6. The lowest BCUT2D eigenvalue weighted by molar-refractivity contribution is 0.192. The maximum atomic E-state index is 9.14. The zero-order valence-electron chi connectivity index (χ0n) is 15.5. The Morgan fingerprint density at radius 2 is 2.00 bits per heavy atom. The summed E-state index contributed by atoms with van der Waals surface area (Å²) in [6.07, 6.45) is 6.33. The highest BCUT2D eigenvalue weighted by molar-refractivity contribution is 5.55. The number of piperidine rings is 2. The Bertz CT molecular complexity index is 754. The Morgan fingerprint density at radius 3 is 2.70 bits per heavy atom. The average Bonchev–Trinajstić information content (AvgIpc) is 3.13. The molecule has 0 saturated carbocycles. The molecule has 4 heterocycles. The largest absolute Gasteiger partial charge is 0.481 e. The van der Waals surface area contributed by atoms with E-state index >= 15 is 0 Å². The van der Waals surface area contributed by atoms with Crippen LogP contribution in [-0.2, 0) is 6.61 Å². The average molecular weight is 373 g/mol. The molecule has 0 spiro atoms. The third-order valence-electron chi connectivity index (χ3n) is 5.33. The van der Waals surface area contributed by atoms with Gasteiger partial charge < -0.3 is 25.8 Å². The minimum atomic E-state index is -0.0905. The summed E-state index contributed by atoms with van der Waals surface area (Å²) in [6.45, 7) is 0.769. The lowest BCUT2D eigenvalue weighted by Crippen LogP contribution is -2.49. The summed E-state index contributed by atoms with van der Waals surface area (Å²) in [5.41, 5.74) is 0.633. The van der Waals surface area contributed by atoms with Crippen LogP contribution in [0, 0.1) is 5.92 Å². The second-order valence-electron chi connectivity index (χ2n) is 7.39. The molecule has 2 aromatic rings. The normalized spacial score (nSPS) is 24.4. The van der Waals surface area contributed by atoms with Crippen molar-refractivity contribution >= 4 is 17.6 Å². The van der Waals surface area contributed by atoms with Crippen LogP contribution in [0.2, 0.25) is 0 Å². The number of aliphatic hydroxyl groups excluding tert-OH is 1. The number of aromatic nitrogens is 4. The molecule has 2 saturated heterocycles. The van der Waals surface area contributed by atoms with Gasteiger partial charge in [-0.15, -0.1) is 0 Å². The highest BCUT2D eigenvalue weighted by atomic mass is 16.5. The Kier molecular flexibility index (Phi) is 5.40. The van der Waals surface area contributed by atoms with Crippen LogP contribution in [0.3, 0.4) is 0 Å². The third kappa shape index (κ3) is 4.48. The first-order valence-corrected chi connectivity index (χ1v) is 9.57. The Balaban J connectivity index is 1.41. The van der Waals surface area contributed by atoms with Gasteiger partial charge in [0.1, 0.15) is 5.82 Å². The molecule has 0 amide bonds. The quantitative estimate of drug-likeness (QED) is 0.498. The monoisotopic (exact) mass is 373 g/mol. The first kappa shape index (κ1) is 18.0. The number of rotatable bonds is 7. The maximum absolute atomic E-state index is 9.14. The van der Waals surface area contributed by atoms with Gasteiger partial charge in [-0.05, 0) is 31.6 Å². The van der Waals surface area contributed by atoms with Gasteiger partial charge in [-0.25, -0.2) is 0 Å². The number of ether oxygens (including phenoxy) is 1. The second-order valence-corrected chi connectivity index (χ2v) is 7.39. The number of fused-ring (bicyclic) bond motifs is 2. The van der Waals surface area contributed by atoms with E-state index in [0.717, 1.165) is 6.54 Å². The summed E-state index contributed by atoms with van der Waals surface area (Å²) in [7, 11) is 1.59. The molecular formula is C18H27N7O2. The van der Waals surface area contributed by atoms with E-state index in [2.05, 4.69) is 36.1 Å². The summed E-state index contributed by atoms with van der Waals surface area (Å²) in [4.78, 5) is 8.93. The van der Waals surface area contributed by atoms with Crippen molar-refractivity contribution in [3.05, 3.63) is 17.8 Å². The van der Waals surface area contributed by atoms with Gasteiger partial charge >= 0.3 is 0 Å². The molecule has 2 aliphatic rings.